The van der Waals surface area contributed by atoms with Crippen LogP contribution in [-0.4, -0.2) is 59.9 Å². The molecule has 0 aromatic carbocycles. The van der Waals surface area contributed by atoms with Gasteiger partial charge in [-0.25, -0.2) is 19.4 Å². The molecule has 3 aliphatic rings. The fraction of sp³-hybridized carbons (Fsp3) is 0.706. The molecule has 3 atom stereocenters. The average Bonchev–Trinajstić information content (AvgIpc) is 2.68. The van der Waals surface area contributed by atoms with Crippen molar-refractivity contribution in [2.75, 3.05) is 37.7 Å². The number of carbonyl (C=O) groups excluding carboxylic acids is 1. The van der Waals surface area contributed by atoms with Crippen LogP contribution in [0.1, 0.15) is 25.7 Å². The smallest absolute Gasteiger partial charge is 0.251 e. The van der Waals surface area contributed by atoms with E-state index in [-0.39, 0.29) is 23.8 Å². The van der Waals surface area contributed by atoms with E-state index in [0.717, 1.165) is 38.8 Å². The zero-order valence-corrected chi connectivity index (χ0v) is 14.1. The first-order chi connectivity index (χ1) is 12.2. The second-order valence-electron chi connectivity index (χ2n) is 6.98. The van der Waals surface area contributed by atoms with Gasteiger partial charge in [-0.1, -0.05) is 0 Å². The molecule has 4 heterocycles. The van der Waals surface area contributed by atoms with E-state index in [1.807, 2.05) is 4.90 Å². The average molecular weight is 350 g/mol. The van der Waals surface area contributed by atoms with Crippen LogP contribution in [0, 0.1) is 17.7 Å². The van der Waals surface area contributed by atoms with Crippen LogP contribution in [0.15, 0.2) is 12.4 Å². The van der Waals surface area contributed by atoms with Gasteiger partial charge < -0.3 is 9.64 Å². The first-order valence-electron chi connectivity index (χ1n) is 8.99. The Morgan fingerprint density at radius 3 is 2.84 bits per heavy atom. The minimum Gasteiger partial charge on any atom is -0.377 e. The van der Waals surface area contributed by atoms with Gasteiger partial charge in [0.25, 0.3) is 5.91 Å². The van der Waals surface area contributed by atoms with Gasteiger partial charge in [-0.2, -0.15) is 0 Å². The lowest BCUT2D eigenvalue weighted by molar-refractivity contribution is -0.207. The van der Waals surface area contributed by atoms with Crippen molar-refractivity contribution in [2.45, 2.75) is 31.8 Å². The van der Waals surface area contributed by atoms with Crippen LogP contribution in [0.3, 0.4) is 0 Å². The maximum absolute atomic E-state index is 13.0. The highest BCUT2D eigenvalue weighted by molar-refractivity contribution is 5.78. The zero-order chi connectivity index (χ0) is 17.2. The molecule has 1 aromatic heterocycles. The monoisotopic (exact) mass is 350 g/mol. The van der Waals surface area contributed by atoms with E-state index < -0.39 is 5.82 Å². The number of anilines is 1. The molecule has 25 heavy (non-hydrogen) atoms. The van der Waals surface area contributed by atoms with Gasteiger partial charge in [-0.3, -0.25) is 9.63 Å². The van der Waals surface area contributed by atoms with Crippen molar-refractivity contribution in [3.8, 4) is 0 Å². The van der Waals surface area contributed by atoms with Crippen molar-refractivity contribution in [2.24, 2.45) is 11.8 Å². The van der Waals surface area contributed by atoms with Crippen LogP contribution in [0.5, 0.6) is 0 Å². The molecular weight excluding hydrogens is 327 g/mol. The van der Waals surface area contributed by atoms with Gasteiger partial charge in [0.1, 0.15) is 0 Å². The number of amides is 1. The molecule has 1 amide bonds. The number of halogens is 1. The number of hydrogen-bond acceptors (Lipinski definition) is 6. The predicted octanol–water partition coefficient (Wildman–Crippen LogP) is 1.40. The SMILES string of the molecule is O=C([C@@H]1CO[C@@H]2CCN(c3ncc(F)cn3)C[C@@H]2C1)N1CCCCO1. The van der Waals surface area contributed by atoms with Crippen LogP contribution in [0.25, 0.3) is 0 Å². The highest BCUT2D eigenvalue weighted by atomic mass is 19.1. The molecule has 4 rings (SSSR count). The fourth-order valence-electron chi connectivity index (χ4n) is 3.93. The van der Waals surface area contributed by atoms with Crippen molar-refractivity contribution in [3.63, 3.8) is 0 Å². The molecule has 7 nitrogen and oxygen atoms in total. The van der Waals surface area contributed by atoms with Crippen molar-refractivity contribution in [3.05, 3.63) is 18.2 Å². The van der Waals surface area contributed by atoms with E-state index in [1.165, 1.54) is 17.5 Å². The minimum absolute atomic E-state index is 0.0355. The summed E-state index contributed by atoms with van der Waals surface area (Å²) in [7, 11) is 0. The van der Waals surface area contributed by atoms with Crippen molar-refractivity contribution in [1.82, 2.24) is 15.0 Å². The topological polar surface area (TPSA) is 67.8 Å². The van der Waals surface area contributed by atoms with Crippen molar-refractivity contribution >= 4 is 11.9 Å². The molecule has 136 valence electrons. The van der Waals surface area contributed by atoms with Crippen LogP contribution in [0.4, 0.5) is 10.3 Å². The Hall–Kier alpha value is -1.80. The Bertz CT molecular complexity index is 608. The van der Waals surface area contributed by atoms with E-state index in [9.17, 15) is 9.18 Å². The van der Waals surface area contributed by atoms with Crippen molar-refractivity contribution < 1.29 is 18.8 Å². The molecule has 0 N–H and O–H groups in total. The minimum atomic E-state index is -0.438. The summed E-state index contributed by atoms with van der Waals surface area (Å²) < 4.78 is 19.0. The number of fused-ring (bicyclic) bond motifs is 1. The summed E-state index contributed by atoms with van der Waals surface area (Å²) in [6, 6.07) is 0. The third-order valence-corrected chi connectivity index (χ3v) is 5.25. The number of nitrogens with zero attached hydrogens (tertiary/aromatic N) is 4. The second kappa shape index (κ2) is 7.21. The number of rotatable bonds is 2. The molecule has 3 saturated heterocycles. The number of piperidine rings is 1. The third-order valence-electron chi connectivity index (χ3n) is 5.25. The number of hydroxylamine groups is 2. The van der Waals surface area contributed by atoms with Gasteiger partial charge >= 0.3 is 0 Å². The molecule has 0 aliphatic carbocycles. The molecule has 0 unspecified atom stereocenters. The van der Waals surface area contributed by atoms with Gasteiger partial charge in [0.15, 0.2) is 5.82 Å². The van der Waals surface area contributed by atoms with Crippen LogP contribution < -0.4 is 4.90 Å². The van der Waals surface area contributed by atoms with E-state index in [1.54, 1.807) is 0 Å². The Morgan fingerprint density at radius 2 is 2.08 bits per heavy atom. The number of ether oxygens (including phenoxy) is 1. The Labute approximate surface area is 146 Å². The molecule has 3 aliphatic heterocycles. The first kappa shape index (κ1) is 16.7. The van der Waals surface area contributed by atoms with Crippen molar-refractivity contribution in [1.29, 1.82) is 0 Å². The van der Waals surface area contributed by atoms with Gasteiger partial charge in [0.2, 0.25) is 5.95 Å². The largest absolute Gasteiger partial charge is 0.377 e. The number of carbonyl (C=O) groups is 1. The van der Waals surface area contributed by atoms with Gasteiger partial charge in [0.05, 0.1) is 37.6 Å². The number of hydrogen-bond donors (Lipinski definition) is 0. The summed E-state index contributed by atoms with van der Waals surface area (Å²) >= 11 is 0. The highest BCUT2D eigenvalue weighted by Gasteiger charge is 2.40. The predicted molar refractivity (Wildman–Crippen MR) is 87.1 cm³/mol. The highest BCUT2D eigenvalue weighted by Crippen LogP contribution is 2.33. The van der Waals surface area contributed by atoms with Gasteiger partial charge in [-0.05, 0) is 25.7 Å². The zero-order valence-electron chi connectivity index (χ0n) is 14.1. The standard InChI is InChI=1S/C17H23FN4O3/c18-14-8-19-17(20-9-14)21-5-3-15-12(10-21)7-13(11-24-15)16(23)22-4-1-2-6-25-22/h8-9,12-13,15H,1-7,10-11H2/t12-,13-,15+/m0/s1. The second-order valence-corrected chi connectivity index (χ2v) is 6.98. The van der Waals surface area contributed by atoms with Gasteiger partial charge in [-0.15, -0.1) is 0 Å². The summed E-state index contributed by atoms with van der Waals surface area (Å²) in [4.78, 5) is 28.3. The lowest BCUT2D eigenvalue weighted by Crippen LogP contribution is -2.51. The summed E-state index contributed by atoms with van der Waals surface area (Å²) in [5, 5.41) is 1.52. The lowest BCUT2D eigenvalue weighted by Gasteiger charge is -2.43. The summed E-state index contributed by atoms with van der Waals surface area (Å²) in [5.41, 5.74) is 0. The molecule has 1 aromatic rings. The summed E-state index contributed by atoms with van der Waals surface area (Å²) in [6.07, 6.45) is 6.18. The van der Waals surface area contributed by atoms with E-state index in [4.69, 9.17) is 9.57 Å². The molecule has 8 heteroatoms. The van der Waals surface area contributed by atoms with E-state index in [0.29, 0.717) is 25.7 Å². The maximum atomic E-state index is 13.0. The third kappa shape index (κ3) is 3.59. The fourth-order valence-corrected chi connectivity index (χ4v) is 3.93. The molecule has 0 spiro atoms. The van der Waals surface area contributed by atoms with Crippen LogP contribution in [-0.2, 0) is 14.4 Å². The molecular formula is C17H23FN4O3. The molecule has 0 radical (unpaired) electrons. The van der Waals surface area contributed by atoms with Crippen LogP contribution in [0.2, 0.25) is 0 Å². The van der Waals surface area contributed by atoms with E-state index >= 15 is 0 Å². The lowest BCUT2D eigenvalue weighted by atomic mass is 9.83. The molecule has 3 fully saturated rings. The maximum Gasteiger partial charge on any atom is 0.251 e. The van der Waals surface area contributed by atoms with E-state index in [2.05, 4.69) is 9.97 Å². The molecule has 0 bridgehead atoms. The molecule has 0 saturated carbocycles. The summed E-state index contributed by atoms with van der Waals surface area (Å²) in [6.45, 7) is 3.24. The van der Waals surface area contributed by atoms with Gasteiger partial charge in [0, 0.05) is 25.6 Å². The Morgan fingerprint density at radius 1 is 1.24 bits per heavy atom. The van der Waals surface area contributed by atoms with Crippen LogP contribution >= 0.6 is 0 Å². The summed E-state index contributed by atoms with van der Waals surface area (Å²) in [5.74, 6) is 0.219. The first-order valence-corrected chi connectivity index (χ1v) is 8.99. The number of aromatic nitrogens is 2. The Balaban J connectivity index is 1.39. The quantitative estimate of drug-likeness (QED) is 0.803. The normalized spacial score (nSPS) is 30.0. The Kier molecular flexibility index (Phi) is 4.80.